The van der Waals surface area contributed by atoms with E-state index in [-0.39, 0.29) is 5.91 Å². The molecule has 1 aromatic heterocycles. The summed E-state index contributed by atoms with van der Waals surface area (Å²) in [5.74, 6) is 4.99. The predicted molar refractivity (Wildman–Crippen MR) is 73.9 cm³/mol. The highest BCUT2D eigenvalue weighted by Crippen LogP contribution is 2.29. The van der Waals surface area contributed by atoms with E-state index < -0.39 is 0 Å². The molecule has 1 aliphatic carbocycles. The lowest BCUT2D eigenvalue weighted by Gasteiger charge is -2.21. The highest BCUT2D eigenvalue weighted by molar-refractivity contribution is 7.09. The maximum Gasteiger partial charge on any atom is 0.233 e. The van der Waals surface area contributed by atoms with Crippen LogP contribution in [0.2, 0.25) is 0 Å². The van der Waals surface area contributed by atoms with Crippen molar-refractivity contribution < 1.29 is 4.79 Å². The SMILES string of the molecule is NNC(=O)CCCCN(Cc1cccs1)C1CC1. The normalized spacial score (nSPS) is 15.0. The van der Waals surface area contributed by atoms with Gasteiger partial charge in [-0.25, -0.2) is 5.84 Å². The van der Waals surface area contributed by atoms with Crippen LogP contribution in [0, 0.1) is 0 Å². The number of carbonyl (C=O) groups is 1. The standard InChI is InChI=1S/C13H21N3OS/c14-15-13(17)5-1-2-8-16(11-6-7-11)10-12-4-3-9-18-12/h3-4,9,11H,1-2,5-8,10,14H2,(H,15,17). The maximum atomic E-state index is 11.0. The summed E-state index contributed by atoms with van der Waals surface area (Å²) in [7, 11) is 0. The average Bonchev–Trinajstić information content (AvgIpc) is 3.11. The van der Waals surface area contributed by atoms with Gasteiger partial charge >= 0.3 is 0 Å². The predicted octanol–water partition coefficient (Wildman–Crippen LogP) is 1.87. The maximum absolute atomic E-state index is 11.0. The molecule has 1 heterocycles. The molecule has 0 spiro atoms. The molecular formula is C13H21N3OS. The van der Waals surface area contributed by atoms with Crippen LogP contribution in [0.5, 0.6) is 0 Å². The van der Waals surface area contributed by atoms with Crippen LogP contribution in [0.3, 0.4) is 0 Å². The summed E-state index contributed by atoms with van der Waals surface area (Å²) >= 11 is 1.82. The molecule has 5 heteroatoms. The highest BCUT2D eigenvalue weighted by atomic mass is 32.1. The Kier molecular flexibility index (Phi) is 5.16. The molecule has 1 saturated carbocycles. The van der Waals surface area contributed by atoms with E-state index in [1.54, 1.807) is 0 Å². The van der Waals surface area contributed by atoms with E-state index in [2.05, 4.69) is 27.8 Å². The number of amides is 1. The summed E-state index contributed by atoms with van der Waals surface area (Å²) in [6.07, 6.45) is 5.17. The average molecular weight is 267 g/mol. The van der Waals surface area contributed by atoms with Crippen molar-refractivity contribution in [1.29, 1.82) is 0 Å². The zero-order chi connectivity index (χ0) is 12.8. The molecule has 0 unspecified atom stereocenters. The molecule has 4 nitrogen and oxygen atoms in total. The van der Waals surface area contributed by atoms with Crippen molar-refractivity contribution in [2.75, 3.05) is 6.54 Å². The number of hydrazine groups is 1. The lowest BCUT2D eigenvalue weighted by molar-refractivity contribution is -0.121. The molecule has 3 N–H and O–H groups in total. The second-order valence-corrected chi connectivity index (χ2v) is 5.84. The van der Waals surface area contributed by atoms with Gasteiger partial charge in [-0.05, 0) is 43.7 Å². The fourth-order valence-corrected chi connectivity index (χ4v) is 2.84. The quantitative estimate of drug-likeness (QED) is 0.327. The molecule has 0 bridgehead atoms. The van der Waals surface area contributed by atoms with Crippen LogP contribution in [0.1, 0.15) is 37.0 Å². The zero-order valence-corrected chi connectivity index (χ0v) is 11.4. The Bertz CT molecular complexity index is 362. The topological polar surface area (TPSA) is 58.4 Å². The molecule has 18 heavy (non-hydrogen) atoms. The minimum atomic E-state index is -0.0637. The second kappa shape index (κ2) is 6.87. The van der Waals surface area contributed by atoms with Crippen LogP contribution in [0.4, 0.5) is 0 Å². The summed E-state index contributed by atoms with van der Waals surface area (Å²) in [6.45, 7) is 2.14. The number of nitrogens with zero attached hydrogens (tertiary/aromatic N) is 1. The molecule has 1 amide bonds. The summed E-state index contributed by atoms with van der Waals surface area (Å²) in [5, 5.41) is 2.13. The van der Waals surface area contributed by atoms with E-state index in [0.717, 1.165) is 32.0 Å². The van der Waals surface area contributed by atoms with E-state index in [0.29, 0.717) is 6.42 Å². The van der Waals surface area contributed by atoms with E-state index in [9.17, 15) is 4.79 Å². The van der Waals surface area contributed by atoms with Gasteiger partial charge in [-0.1, -0.05) is 6.07 Å². The van der Waals surface area contributed by atoms with Gasteiger partial charge in [0.05, 0.1) is 0 Å². The third-order valence-electron chi connectivity index (χ3n) is 3.26. The van der Waals surface area contributed by atoms with Gasteiger partial charge in [-0.2, -0.15) is 0 Å². The van der Waals surface area contributed by atoms with Crippen molar-refractivity contribution in [2.24, 2.45) is 5.84 Å². The first-order chi connectivity index (χ1) is 8.79. The van der Waals surface area contributed by atoms with Gasteiger partial charge in [-0.15, -0.1) is 11.3 Å². The van der Waals surface area contributed by atoms with Crippen LogP contribution in [-0.2, 0) is 11.3 Å². The molecule has 0 aromatic carbocycles. The lowest BCUT2D eigenvalue weighted by atomic mass is 10.2. The van der Waals surface area contributed by atoms with Gasteiger partial charge in [0.15, 0.2) is 0 Å². The van der Waals surface area contributed by atoms with Crippen molar-refractivity contribution >= 4 is 17.2 Å². The Morgan fingerprint density at radius 2 is 2.33 bits per heavy atom. The number of carbonyl (C=O) groups excluding carboxylic acids is 1. The Morgan fingerprint density at radius 3 is 2.94 bits per heavy atom. The molecule has 100 valence electrons. The van der Waals surface area contributed by atoms with Crippen molar-refractivity contribution in [3.05, 3.63) is 22.4 Å². The molecule has 0 atom stereocenters. The lowest BCUT2D eigenvalue weighted by Crippen LogP contribution is -2.30. The minimum absolute atomic E-state index is 0.0637. The number of nitrogens with one attached hydrogen (secondary N) is 1. The fraction of sp³-hybridized carbons (Fsp3) is 0.615. The van der Waals surface area contributed by atoms with Crippen molar-refractivity contribution in [3.63, 3.8) is 0 Å². The van der Waals surface area contributed by atoms with Crippen LogP contribution in [-0.4, -0.2) is 23.4 Å². The molecule has 0 radical (unpaired) electrons. The molecule has 1 aliphatic rings. The number of hydrogen-bond acceptors (Lipinski definition) is 4. The van der Waals surface area contributed by atoms with Gasteiger partial charge in [0.2, 0.25) is 5.91 Å². The second-order valence-electron chi connectivity index (χ2n) is 4.81. The molecule has 2 rings (SSSR count). The highest BCUT2D eigenvalue weighted by Gasteiger charge is 2.28. The van der Waals surface area contributed by atoms with E-state index >= 15 is 0 Å². The Morgan fingerprint density at radius 1 is 1.50 bits per heavy atom. The van der Waals surface area contributed by atoms with Crippen LogP contribution >= 0.6 is 11.3 Å². The summed E-state index contributed by atoms with van der Waals surface area (Å²) in [4.78, 5) is 15.0. The minimum Gasteiger partial charge on any atom is -0.295 e. The molecule has 0 aliphatic heterocycles. The first kappa shape index (κ1) is 13.5. The van der Waals surface area contributed by atoms with Gasteiger partial charge in [0.1, 0.15) is 0 Å². The third kappa shape index (κ3) is 4.40. The molecule has 1 fully saturated rings. The first-order valence-corrected chi connectivity index (χ1v) is 7.43. The van der Waals surface area contributed by atoms with Crippen molar-refractivity contribution in [2.45, 2.75) is 44.7 Å². The van der Waals surface area contributed by atoms with E-state index in [4.69, 9.17) is 5.84 Å². The van der Waals surface area contributed by atoms with Crippen molar-refractivity contribution in [3.8, 4) is 0 Å². The summed E-state index contributed by atoms with van der Waals surface area (Å²) in [5.41, 5.74) is 2.17. The monoisotopic (exact) mass is 267 g/mol. The Hall–Kier alpha value is -0.910. The number of hydrogen-bond donors (Lipinski definition) is 2. The summed E-state index contributed by atoms with van der Waals surface area (Å²) < 4.78 is 0. The van der Waals surface area contributed by atoms with Gasteiger partial charge in [0.25, 0.3) is 0 Å². The molecule has 1 aromatic rings. The van der Waals surface area contributed by atoms with E-state index in [1.807, 2.05) is 11.3 Å². The van der Waals surface area contributed by atoms with Gasteiger partial charge < -0.3 is 0 Å². The van der Waals surface area contributed by atoms with Crippen molar-refractivity contribution in [1.82, 2.24) is 10.3 Å². The number of rotatable bonds is 8. The zero-order valence-electron chi connectivity index (χ0n) is 10.6. The Labute approximate surface area is 112 Å². The fourth-order valence-electron chi connectivity index (χ4n) is 2.11. The van der Waals surface area contributed by atoms with Gasteiger partial charge in [-0.3, -0.25) is 15.1 Å². The van der Waals surface area contributed by atoms with Crippen LogP contribution in [0.25, 0.3) is 0 Å². The van der Waals surface area contributed by atoms with Crippen LogP contribution < -0.4 is 11.3 Å². The third-order valence-corrected chi connectivity index (χ3v) is 4.12. The molecule has 0 saturated heterocycles. The number of thiophene rings is 1. The van der Waals surface area contributed by atoms with Gasteiger partial charge in [0, 0.05) is 23.9 Å². The number of nitrogens with two attached hydrogens (primary N) is 1. The first-order valence-electron chi connectivity index (χ1n) is 6.55. The largest absolute Gasteiger partial charge is 0.295 e. The Balaban J connectivity index is 1.68. The smallest absolute Gasteiger partial charge is 0.233 e. The number of unbranched alkanes of at least 4 members (excludes halogenated alkanes) is 1. The van der Waals surface area contributed by atoms with Crippen LogP contribution in [0.15, 0.2) is 17.5 Å². The summed E-state index contributed by atoms with van der Waals surface area (Å²) in [6, 6.07) is 5.08. The molecular weight excluding hydrogens is 246 g/mol. The van der Waals surface area contributed by atoms with E-state index in [1.165, 1.54) is 17.7 Å².